The van der Waals surface area contributed by atoms with E-state index < -0.39 is 15.8 Å². The maximum atomic E-state index is 13.4. The zero-order valence-corrected chi connectivity index (χ0v) is 13.4. The molecule has 0 aliphatic rings. The van der Waals surface area contributed by atoms with Crippen molar-refractivity contribution < 1.29 is 12.8 Å². The van der Waals surface area contributed by atoms with Gasteiger partial charge in [0, 0.05) is 0 Å². The van der Waals surface area contributed by atoms with E-state index in [2.05, 4.69) is 20.7 Å². The van der Waals surface area contributed by atoms with Crippen LogP contribution in [-0.4, -0.2) is 8.42 Å². The quantitative estimate of drug-likeness (QED) is 0.865. The molecule has 108 valence electrons. The standard InChI is InChI=1S/C13H7BrClFN2O2S/c14-10-3-2-9(6-12(10)16)18-21(19,20)13-4-1-8(7-17)5-11(13)15/h1-6,18H. The second-order valence-electron chi connectivity index (χ2n) is 3.99. The molecule has 0 unspecified atom stereocenters. The Morgan fingerprint density at radius 1 is 1.24 bits per heavy atom. The molecule has 0 fully saturated rings. The van der Waals surface area contributed by atoms with Gasteiger partial charge < -0.3 is 0 Å². The number of nitrogens with one attached hydrogen (secondary N) is 1. The first-order valence-corrected chi connectivity index (χ1v) is 8.16. The third-order valence-corrected chi connectivity index (χ3v) is 5.03. The van der Waals surface area contributed by atoms with Gasteiger partial charge in [0.05, 0.1) is 26.8 Å². The highest BCUT2D eigenvalue weighted by Gasteiger charge is 2.19. The van der Waals surface area contributed by atoms with E-state index in [4.69, 9.17) is 16.9 Å². The van der Waals surface area contributed by atoms with E-state index in [9.17, 15) is 12.8 Å². The molecule has 0 aliphatic carbocycles. The minimum absolute atomic E-state index is 0.0659. The maximum Gasteiger partial charge on any atom is 0.263 e. The minimum Gasteiger partial charge on any atom is -0.279 e. The topological polar surface area (TPSA) is 70.0 Å². The summed E-state index contributed by atoms with van der Waals surface area (Å²) in [6.07, 6.45) is 0. The van der Waals surface area contributed by atoms with Crippen molar-refractivity contribution >= 4 is 43.2 Å². The number of benzene rings is 2. The van der Waals surface area contributed by atoms with Gasteiger partial charge >= 0.3 is 0 Å². The summed E-state index contributed by atoms with van der Waals surface area (Å²) in [4.78, 5) is -0.188. The number of hydrogen-bond donors (Lipinski definition) is 1. The molecular weight excluding hydrogens is 383 g/mol. The lowest BCUT2D eigenvalue weighted by atomic mass is 10.2. The molecular formula is C13H7BrClFN2O2S. The Balaban J connectivity index is 2.38. The largest absolute Gasteiger partial charge is 0.279 e. The van der Waals surface area contributed by atoms with Crippen molar-refractivity contribution in [2.45, 2.75) is 4.90 Å². The van der Waals surface area contributed by atoms with Crippen LogP contribution in [0, 0.1) is 17.1 Å². The first-order chi connectivity index (χ1) is 9.83. The van der Waals surface area contributed by atoms with Gasteiger partial charge in [-0.1, -0.05) is 11.6 Å². The summed E-state index contributed by atoms with van der Waals surface area (Å²) >= 11 is 8.84. The van der Waals surface area contributed by atoms with Crippen LogP contribution in [0.15, 0.2) is 45.8 Å². The lowest BCUT2D eigenvalue weighted by Gasteiger charge is -2.10. The molecule has 0 bridgehead atoms. The molecule has 21 heavy (non-hydrogen) atoms. The third kappa shape index (κ3) is 3.53. The normalized spacial score (nSPS) is 11.0. The number of halogens is 3. The third-order valence-electron chi connectivity index (χ3n) is 2.52. The first kappa shape index (κ1) is 15.8. The predicted molar refractivity (Wildman–Crippen MR) is 81.1 cm³/mol. The van der Waals surface area contributed by atoms with E-state index >= 15 is 0 Å². The van der Waals surface area contributed by atoms with Gasteiger partial charge in [0.1, 0.15) is 10.7 Å². The van der Waals surface area contributed by atoms with Crippen LogP contribution in [0.25, 0.3) is 0 Å². The van der Waals surface area contributed by atoms with E-state index in [1.807, 2.05) is 6.07 Å². The van der Waals surface area contributed by atoms with Crippen molar-refractivity contribution in [3.63, 3.8) is 0 Å². The summed E-state index contributed by atoms with van der Waals surface area (Å²) in [5, 5.41) is 8.64. The number of nitrogens with zero attached hydrogens (tertiary/aromatic N) is 1. The molecule has 8 heteroatoms. The Morgan fingerprint density at radius 2 is 1.95 bits per heavy atom. The summed E-state index contributed by atoms with van der Waals surface area (Å²) < 4.78 is 40.3. The van der Waals surface area contributed by atoms with Gasteiger partial charge in [-0.3, -0.25) is 4.72 Å². The molecule has 0 aromatic heterocycles. The highest BCUT2D eigenvalue weighted by atomic mass is 79.9. The van der Waals surface area contributed by atoms with Crippen LogP contribution in [0.1, 0.15) is 5.56 Å². The van der Waals surface area contributed by atoms with Crippen molar-refractivity contribution in [3.05, 3.63) is 57.3 Å². The number of hydrogen-bond acceptors (Lipinski definition) is 3. The monoisotopic (exact) mass is 388 g/mol. The number of anilines is 1. The number of rotatable bonds is 3. The van der Waals surface area contributed by atoms with Crippen LogP contribution >= 0.6 is 27.5 Å². The Bertz CT molecular complexity index is 850. The lowest BCUT2D eigenvalue weighted by molar-refractivity contribution is 0.601. The van der Waals surface area contributed by atoms with E-state index in [0.29, 0.717) is 0 Å². The van der Waals surface area contributed by atoms with Gasteiger partial charge in [-0.05, 0) is 52.3 Å². The van der Waals surface area contributed by atoms with Crippen LogP contribution in [0.2, 0.25) is 5.02 Å². The zero-order chi connectivity index (χ0) is 15.6. The molecule has 0 radical (unpaired) electrons. The molecule has 0 saturated carbocycles. The number of sulfonamides is 1. The fourth-order valence-corrected chi connectivity index (χ4v) is 3.40. The van der Waals surface area contributed by atoms with E-state index in [0.717, 1.165) is 6.07 Å². The fraction of sp³-hybridized carbons (Fsp3) is 0. The van der Waals surface area contributed by atoms with E-state index in [1.54, 1.807) is 0 Å². The SMILES string of the molecule is N#Cc1ccc(S(=O)(=O)Nc2ccc(Br)c(F)c2)c(Cl)c1. The van der Waals surface area contributed by atoms with Crippen LogP contribution in [0.4, 0.5) is 10.1 Å². The Labute approximate surface area is 134 Å². The molecule has 2 rings (SSSR count). The van der Waals surface area contributed by atoms with Crippen molar-refractivity contribution in [1.82, 2.24) is 0 Å². The van der Waals surface area contributed by atoms with Crippen molar-refractivity contribution in [1.29, 1.82) is 5.26 Å². The second-order valence-corrected chi connectivity index (χ2v) is 6.90. The van der Waals surface area contributed by atoms with Crippen LogP contribution in [-0.2, 0) is 10.0 Å². The lowest BCUT2D eigenvalue weighted by Crippen LogP contribution is -2.13. The van der Waals surface area contributed by atoms with Crippen molar-refractivity contribution in [2.75, 3.05) is 4.72 Å². The smallest absolute Gasteiger partial charge is 0.263 e. The summed E-state index contributed by atoms with van der Waals surface area (Å²) in [6, 6.07) is 9.49. The second kappa shape index (κ2) is 6.02. The van der Waals surface area contributed by atoms with E-state index in [1.165, 1.54) is 30.3 Å². The molecule has 0 amide bonds. The van der Waals surface area contributed by atoms with Crippen molar-refractivity contribution in [3.8, 4) is 6.07 Å². The molecule has 0 atom stereocenters. The number of nitriles is 1. The van der Waals surface area contributed by atoms with Crippen LogP contribution in [0.3, 0.4) is 0 Å². The average Bonchev–Trinajstić information content (AvgIpc) is 2.42. The summed E-state index contributed by atoms with van der Waals surface area (Å²) in [5.41, 5.74) is 0.310. The van der Waals surface area contributed by atoms with Gasteiger partial charge in [-0.25, -0.2) is 12.8 Å². The van der Waals surface area contributed by atoms with Gasteiger partial charge in [-0.15, -0.1) is 0 Å². The highest BCUT2D eigenvalue weighted by molar-refractivity contribution is 9.10. The van der Waals surface area contributed by atoms with Gasteiger partial charge in [0.2, 0.25) is 0 Å². The Hall–Kier alpha value is -1.62. The predicted octanol–water partition coefficient (Wildman–Crippen LogP) is 3.91. The molecule has 2 aromatic rings. The van der Waals surface area contributed by atoms with Crippen LogP contribution in [0.5, 0.6) is 0 Å². The van der Waals surface area contributed by atoms with E-state index in [-0.39, 0.29) is 25.6 Å². The molecule has 0 spiro atoms. The maximum absolute atomic E-state index is 13.4. The molecule has 1 N–H and O–H groups in total. The molecule has 0 heterocycles. The minimum atomic E-state index is -3.97. The molecule has 0 aliphatic heterocycles. The van der Waals surface area contributed by atoms with Crippen molar-refractivity contribution in [2.24, 2.45) is 0 Å². The molecule has 2 aromatic carbocycles. The summed E-state index contributed by atoms with van der Waals surface area (Å²) in [5.74, 6) is -0.596. The first-order valence-electron chi connectivity index (χ1n) is 5.51. The van der Waals surface area contributed by atoms with Gasteiger partial charge in [0.15, 0.2) is 0 Å². The Morgan fingerprint density at radius 3 is 2.52 bits per heavy atom. The fourth-order valence-electron chi connectivity index (χ4n) is 1.56. The summed E-state index contributed by atoms with van der Waals surface area (Å²) in [7, 11) is -3.97. The van der Waals surface area contributed by atoms with Gasteiger partial charge in [-0.2, -0.15) is 5.26 Å². The highest BCUT2D eigenvalue weighted by Crippen LogP contribution is 2.26. The molecule has 0 saturated heterocycles. The molecule has 4 nitrogen and oxygen atoms in total. The summed E-state index contributed by atoms with van der Waals surface area (Å²) in [6.45, 7) is 0. The van der Waals surface area contributed by atoms with Crippen LogP contribution < -0.4 is 4.72 Å². The zero-order valence-electron chi connectivity index (χ0n) is 10.3. The van der Waals surface area contributed by atoms with Gasteiger partial charge in [0.25, 0.3) is 10.0 Å². The average molecular weight is 390 g/mol. The Kier molecular flexibility index (Phi) is 4.52.